The molecule has 3 atom stereocenters. The van der Waals surface area contributed by atoms with Gasteiger partial charge in [-0.2, -0.15) is 0 Å². The first-order valence-electron chi connectivity index (χ1n) is 9.73. The summed E-state index contributed by atoms with van der Waals surface area (Å²) in [4.78, 5) is 14.4. The van der Waals surface area contributed by atoms with Gasteiger partial charge in [0, 0.05) is 24.4 Å². The number of carbonyl (C=O) groups is 1. The molecule has 1 amide bonds. The lowest BCUT2D eigenvalue weighted by Crippen LogP contribution is -2.36. The van der Waals surface area contributed by atoms with E-state index < -0.39 is 21.6 Å². The van der Waals surface area contributed by atoms with Crippen LogP contribution in [0, 0.1) is 5.82 Å². The zero-order valence-electron chi connectivity index (χ0n) is 16.7. The fraction of sp³-hybridized carbons (Fsp3) is 0.579. The predicted molar refractivity (Wildman–Crippen MR) is 116 cm³/mol. The van der Waals surface area contributed by atoms with E-state index >= 15 is 0 Å². The molecule has 3 rings (SSSR count). The second-order valence-corrected chi connectivity index (χ2v) is 10.3. The number of cyclic esters (lactones) is 1. The molecule has 160 valence electrons. The fourth-order valence-electron chi connectivity index (χ4n) is 3.48. The molecule has 2 unspecified atom stereocenters. The third-order valence-electron chi connectivity index (χ3n) is 5.16. The third-order valence-corrected chi connectivity index (χ3v) is 7.67. The number of halogens is 1. The van der Waals surface area contributed by atoms with Gasteiger partial charge in [-0.15, -0.1) is 0 Å². The molecule has 1 aromatic rings. The van der Waals surface area contributed by atoms with Crippen LogP contribution in [0.3, 0.4) is 0 Å². The third kappa shape index (κ3) is 5.23. The molecule has 0 aliphatic carbocycles. The van der Waals surface area contributed by atoms with Gasteiger partial charge in [0.2, 0.25) is 0 Å². The molecule has 0 bridgehead atoms. The van der Waals surface area contributed by atoms with Gasteiger partial charge >= 0.3 is 6.09 Å². The van der Waals surface area contributed by atoms with Gasteiger partial charge in [0.05, 0.1) is 39.4 Å². The number of nitrogens with one attached hydrogen (secondary N) is 2. The molecule has 0 radical (unpaired) electrons. The van der Waals surface area contributed by atoms with Crippen molar-refractivity contribution in [1.29, 1.82) is 0 Å². The van der Waals surface area contributed by atoms with Gasteiger partial charge in [-0.25, -0.2) is 17.8 Å². The Morgan fingerprint density at radius 1 is 1.52 bits per heavy atom. The Kier molecular flexibility index (Phi) is 7.07. The maximum atomic E-state index is 14.8. The van der Waals surface area contributed by atoms with Crippen LogP contribution in [0.1, 0.15) is 37.8 Å². The molecule has 0 aromatic heterocycles. The number of thiocarbonyl (C=S) groups is 1. The van der Waals surface area contributed by atoms with E-state index in [-0.39, 0.29) is 18.0 Å². The number of hydrogen-bond acceptors (Lipinski definition) is 6. The highest BCUT2D eigenvalue weighted by atomic mass is 32.2. The van der Waals surface area contributed by atoms with Crippen LogP contribution in [-0.4, -0.2) is 53.2 Å². The van der Waals surface area contributed by atoms with Crippen molar-refractivity contribution in [2.45, 2.75) is 38.3 Å². The Labute approximate surface area is 176 Å². The van der Waals surface area contributed by atoms with Crippen molar-refractivity contribution in [2.24, 2.45) is 4.36 Å². The topological polar surface area (TPSA) is 83.0 Å². The standard InChI is InChI=1S/C19H27FN4O3S2/c1-3-4-18(28)22-10-14-11-24(19(25)27-14)13-5-6-15(16(20)9-13)17-7-8-29(26,21-2)12-23-17/h5-6,9,14,17,23H,3-4,7-8,10-12H2,1-2H3,(H,22,28)/t14-,17?,29?/m0/s1. The summed E-state index contributed by atoms with van der Waals surface area (Å²) < 4.78 is 36.4. The molecule has 7 nitrogen and oxygen atoms in total. The number of amides is 1. The number of carbonyl (C=O) groups excluding carboxylic acids is 1. The van der Waals surface area contributed by atoms with E-state index in [1.807, 2.05) is 6.92 Å². The quantitative estimate of drug-likeness (QED) is 0.659. The first-order chi connectivity index (χ1) is 13.8. The monoisotopic (exact) mass is 442 g/mol. The van der Waals surface area contributed by atoms with Gasteiger partial charge in [-0.3, -0.25) is 10.2 Å². The molecule has 2 N–H and O–H groups in total. The fourth-order valence-corrected chi connectivity index (χ4v) is 5.29. The molecule has 2 aliphatic heterocycles. The molecule has 2 heterocycles. The summed E-state index contributed by atoms with van der Waals surface area (Å²) in [6.07, 6.45) is 1.46. The second kappa shape index (κ2) is 9.36. The second-order valence-electron chi connectivity index (χ2n) is 7.23. The van der Waals surface area contributed by atoms with Crippen LogP contribution < -0.4 is 15.5 Å². The van der Waals surface area contributed by atoms with Gasteiger partial charge in [-0.05, 0) is 31.4 Å². The van der Waals surface area contributed by atoms with Crippen molar-refractivity contribution in [3.8, 4) is 0 Å². The van der Waals surface area contributed by atoms with E-state index in [1.54, 1.807) is 19.2 Å². The molecule has 2 saturated heterocycles. The van der Waals surface area contributed by atoms with Crippen LogP contribution in [-0.2, 0) is 14.5 Å². The van der Waals surface area contributed by atoms with Crippen LogP contribution in [0.4, 0.5) is 14.9 Å². The average Bonchev–Trinajstić information content (AvgIpc) is 3.08. The van der Waals surface area contributed by atoms with E-state index in [0.29, 0.717) is 36.5 Å². The molecular formula is C19H27FN4O3S2. The van der Waals surface area contributed by atoms with Gasteiger partial charge in [0.25, 0.3) is 0 Å². The molecule has 29 heavy (non-hydrogen) atoms. The maximum absolute atomic E-state index is 14.8. The van der Waals surface area contributed by atoms with Crippen molar-refractivity contribution in [1.82, 2.24) is 10.6 Å². The van der Waals surface area contributed by atoms with Crippen LogP contribution in [0.2, 0.25) is 0 Å². The molecule has 2 aliphatic rings. The number of rotatable bonds is 6. The van der Waals surface area contributed by atoms with Crippen LogP contribution in [0.5, 0.6) is 0 Å². The van der Waals surface area contributed by atoms with Crippen molar-refractivity contribution >= 4 is 38.7 Å². The van der Waals surface area contributed by atoms with E-state index in [9.17, 15) is 13.4 Å². The zero-order chi connectivity index (χ0) is 21.0. The lowest BCUT2D eigenvalue weighted by molar-refractivity contribution is 0.143. The van der Waals surface area contributed by atoms with E-state index in [2.05, 4.69) is 15.0 Å². The minimum atomic E-state index is -2.23. The van der Waals surface area contributed by atoms with Crippen LogP contribution in [0.15, 0.2) is 22.6 Å². The molecule has 0 saturated carbocycles. The Morgan fingerprint density at radius 2 is 2.31 bits per heavy atom. The summed E-state index contributed by atoms with van der Waals surface area (Å²) in [5, 5.41) is 6.23. The van der Waals surface area contributed by atoms with Crippen LogP contribution in [0.25, 0.3) is 0 Å². The number of benzene rings is 1. The highest BCUT2D eigenvalue weighted by Crippen LogP contribution is 2.29. The Hall–Kier alpha value is -1.78. The van der Waals surface area contributed by atoms with E-state index in [1.165, 1.54) is 11.0 Å². The van der Waals surface area contributed by atoms with Crippen molar-refractivity contribution in [3.63, 3.8) is 0 Å². The summed E-state index contributed by atoms with van der Waals surface area (Å²) in [5.74, 6) is 0.290. The smallest absolute Gasteiger partial charge is 0.414 e. The minimum Gasteiger partial charge on any atom is -0.442 e. The summed E-state index contributed by atoms with van der Waals surface area (Å²) >= 11 is 5.21. The zero-order valence-corrected chi connectivity index (χ0v) is 18.3. The first kappa shape index (κ1) is 21.9. The normalized spacial score (nSPS) is 26.9. The number of nitrogens with zero attached hydrogens (tertiary/aromatic N) is 2. The minimum absolute atomic E-state index is 0.220. The summed E-state index contributed by atoms with van der Waals surface area (Å²) in [7, 11) is -0.675. The lowest BCUT2D eigenvalue weighted by Gasteiger charge is -2.27. The van der Waals surface area contributed by atoms with Crippen LogP contribution >= 0.6 is 12.2 Å². The van der Waals surface area contributed by atoms with E-state index in [0.717, 1.165) is 17.8 Å². The highest BCUT2D eigenvalue weighted by molar-refractivity contribution is 7.93. The summed E-state index contributed by atoms with van der Waals surface area (Å²) in [6.45, 7) is 2.82. The summed E-state index contributed by atoms with van der Waals surface area (Å²) in [5.41, 5.74) is 0.958. The molecule has 10 heteroatoms. The predicted octanol–water partition coefficient (Wildman–Crippen LogP) is 2.96. The maximum Gasteiger partial charge on any atom is 0.414 e. The largest absolute Gasteiger partial charge is 0.442 e. The lowest BCUT2D eigenvalue weighted by atomic mass is 10.0. The Balaban J connectivity index is 1.63. The van der Waals surface area contributed by atoms with Crippen molar-refractivity contribution in [2.75, 3.05) is 36.7 Å². The Morgan fingerprint density at radius 3 is 2.93 bits per heavy atom. The molecule has 1 aromatic carbocycles. The molecule has 2 fully saturated rings. The van der Waals surface area contributed by atoms with Gasteiger partial charge in [-0.1, -0.05) is 25.2 Å². The van der Waals surface area contributed by atoms with Crippen molar-refractivity contribution in [3.05, 3.63) is 29.6 Å². The van der Waals surface area contributed by atoms with Gasteiger partial charge < -0.3 is 10.1 Å². The number of ether oxygens (including phenoxy) is 1. The molecule has 0 spiro atoms. The Bertz CT molecular complexity index is 887. The van der Waals surface area contributed by atoms with E-state index in [4.69, 9.17) is 17.0 Å². The van der Waals surface area contributed by atoms with Gasteiger partial charge in [0.15, 0.2) is 0 Å². The molecular weight excluding hydrogens is 415 g/mol. The highest BCUT2D eigenvalue weighted by Gasteiger charge is 2.33. The summed E-state index contributed by atoms with van der Waals surface area (Å²) in [6, 6.07) is 4.52. The SMILES string of the molecule is CCCC(=S)NC[C@H]1CN(c2ccc(C3CCS(=O)(=NC)CN3)c(F)c2)C(=O)O1. The van der Waals surface area contributed by atoms with Crippen molar-refractivity contribution < 1.29 is 18.1 Å². The average molecular weight is 443 g/mol. The number of anilines is 1. The van der Waals surface area contributed by atoms with Gasteiger partial charge in [0.1, 0.15) is 11.9 Å². The number of hydrogen-bond donors (Lipinski definition) is 2. The first-order valence-corrected chi connectivity index (χ1v) is 12.0.